The van der Waals surface area contributed by atoms with Crippen LogP contribution in [-0.4, -0.2) is 19.1 Å². The van der Waals surface area contributed by atoms with Crippen LogP contribution < -0.4 is 0 Å². The summed E-state index contributed by atoms with van der Waals surface area (Å²) in [7, 11) is 0. The van der Waals surface area contributed by atoms with Crippen LogP contribution in [0.25, 0.3) is 66.6 Å². The average Bonchev–Trinajstić information content (AvgIpc) is 3.51. The summed E-state index contributed by atoms with van der Waals surface area (Å²) in [5, 5.41) is 4.71. The molecule has 4 heterocycles. The van der Waals surface area contributed by atoms with Crippen LogP contribution in [0.3, 0.4) is 0 Å². The van der Waals surface area contributed by atoms with Gasteiger partial charge in [-0.2, -0.15) is 48.5 Å². The SMILES string of the molecule is [Pt+2].[c-]1cccc2c3ccccc3n(-c3cccc(-c4cccc(-n5c6[c-]cccc6c6ccccc65)n4)n3)c12. The van der Waals surface area contributed by atoms with E-state index in [0.717, 1.165) is 55.9 Å². The Bertz CT molecular complexity index is 1890. The Morgan fingerprint density at radius 3 is 1.36 bits per heavy atom. The molecule has 0 radical (unpaired) electrons. The molecule has 0 spiro atoms. The van der Waals surface area contributed by atoms with Crippen molar-refractivity contribution in [1.82, 2.24) is 19.1 Å². The number of fused-ring (bicyclic) bond motifs is 6. The molecule has 0 amide bonds. The average molecular weight is 680 g/mol. The first-order chi connectivity index (χ1) is 18.9. The topological polar surface area (TPSA) is 35.6 Å². The van der Waals surface area contributed by atoms with Gasteiger partial charge in [0.15, 0.2) is 0 Å². The summed E-state index contributed by atoms with van der Waals surface area (Å²) in [6, 6.07) is 48.2. The van der Waals surface area contributed by atoms with E-state index in [2.05, 4.69) is 81.9 Å². The minimum atomic E-state index is 0. The Morgan fingerprint density at radius 1 is 0.436 bits per heavy atom. The molecule has 0 saturated carbocycles. The molecule has 0 unspecified atom stereocenters. The molecule has 5 heteroatoms. The van der Waals surface area contributed by atoms with Gasteiger partial charge in [0.25, 0.3) is 0 Å². The van der Waals surface area contributed by atoms with Gasteiger partial charge in [0.05, 0.1) is 11.4 Å². The third kappa shape index (κ3) is 3.64. The largest absolute Gasteiger partial charge is 2.00 e. The van der Waals surface area contributed by atoms with Crippen LogP contribution in [0.5, 0.6) is 0 Å². The van der Waals surface area contributed by atoms with Gasteiger partial charge in [0.2, 0.25) is 0 Å². The smallest absolute Gasteiger partial charge is 0.319 e. The molecule has 8 aromatic rings. The van der Waals surface area contributed by atoms with Gasteiger partial charge in [-0.25, -0.2) is 9.97 Å². The molecule has 0 aliphatic heterocycles. The van der Waals surface area contributed by atoms with Crippen LogP contribution in [0.4, 0.5) is 0 Å². The molecule has 0 saturated heterocycles. The van der Waals surface area contributed by atoms with Gasteiger partial charge in [-0.15, -0.1) is 10.8 Å². The van der Waals surface area contributed by atoms with E-state index in [0.29, 0.717) is 0 Å². The molecule has 4 aromatic heterocycles. The van der Waals surface area contributed by atoms with Gasteiger partial charge in [-0.3, -0.25) is 0 Å². The number of hydrogen-bond donors (Lipinski definition) is 0. The van der Waals surface area contributed by atoms with Crippen LogP contribution >= 0.6 is 0 Å². The molecule has 0 aliphatic rings. The summed E-state index contributed by atoms with van der Waals surface area (Å²) >= 11 is 0. The number of benzene rings is 4. The zero-order valence-corrected chi connectivity index (χ0v) is 22.9. The van der Waals surface area contributed by atoms with Crippen molar-refractivity contribution in [2.75, 3.05) is 0 Å². The quantitative estimate of drug-likeness (QED) is 0.178. The van der Waals surface area contributed by atoms with Crippen molar-refractivity contribution < 1.29 is 21.1 Å². The molecule has 39 heavy (non-hydrogen) atoms. The molecular formula is C34H20N4Pt. The number of rotatable bonds is 3. The molecule has 0 N–H and O–H groups in total. The van der Waals surface area contributed by atoms with Gasteiger partial charge in [0, 0.05) is 11.0 Å². The van der Waals surface area contributed by atoms with Crippen LogP contribution in [0.2, 0.25) is 0 Å². The first-order valence-corrected chi connectivity index (χ1v) is 12.6. The molecule has 4 aromatic carbocycles. The van der Waals surface area contributed by atoms with E-state index in [9.17, 15) is 0 Å². The van der Waals surface area contributed by atoms with Crippen molar-refractivity contribution in [3.63, 3.8) is 0 Å². The van der Waals surface area contributed by atoms with E-state index in [1.807, 2.05) is 60.7 Å². The summed E-state index contributed by atoms with van der Waals surface area (Å²) in [4.78, 5) is 10.2. The third-order valence-corrected chi connectivity index (χ3v) is 7.18. The monoisotopic (exact) mass is 679 g/mol. The van der Waals surface area contributed by atoms with E-state index in [1.165, 1.54) is 10.8 Å². The minimum absolute atomic E-state index is 0. The molecule has 8 rings (SSSR count). The van der Waals surface area contributed by atoms with Crippen molar-refractivity contribution in [1.29, 1.82) is 0 Å². The fourth-order valence-corrected chi connectivity index (χ4v) is 5.55. The molecule has 4 nitrogen and oxygen atoms in total. The number of para-hydroxylation sites is 4. The molecule has 0 fully saturated rings. The second kappa shape index (κ2) is 9.34. The zero-order valence-electron chi connectivity index (χ0n) is 20.7. The summed E-state index contributed by atoms with van der Waals surface area (Å²) in [5.41, 5.74) is 5.88. The second-order valence-corrected chi connectivity index (χ2v) is 9.33. The number of aromatic nitrogens is 4. The normalized spacial score (nSPS) is 11.4. The van der Waals surface area contributed by atoms with Gasteiger partial charge in [0.1, 0.15) is 11.6 Å². The van der Waals surface area contributed by atoms with E-state index >= 15 is 0 Å². The Balaban J connectivity index is 0.00000253. The molecule has 0 atom stereocenters. The zero-order chi connectivity index (χ0) is 25.1. The predicted octanol–water partition coefficient (Wildman–Crippen LogP) is 7.94. The van der Waals surface area contributed by atoms with Gasteiger partial charge in [-0.1, -0.05) is 59.6 Å². The number of nitrogens with zero attached hydrogens (tertiary/aromatic N) is 4. The van der Waals surface area contributed by atoms with Crippen molar-refractivity contribution in [2.45, 2.75) is 0 Å². The molecule has 0 bridgehead atoms. The minimum Gasteiger partial charge on any atom is -0.319 e. The summed E-state index contributed by atoms with van der Waals surface area (Å²) < 4.78 is 4.36. The first kappa shape index (κ1) is 23.6. The van der Waals surface area contributed by atoms with E-state index < -0.39 is 0 Å². The van der Waals surface area contributed by atoms with Crippen molar-refractivity contribution in [2.24, 2.45) is 0 Å². The fourth-order valence-electron chi connectivity index (χ4n) is 5.55. The Kier molecular flexibility index (Phi) is 5.64. The van der Waals surface area contributed by atoms with E-state index in [1.54, 1.807) is 0 Å². The Labute approximate surface area is 239 Å². The summed E-state index contributed by atoms with van der Waals surface area (Å²) in [6.07, 6.45) is 0. The summed E-state index contributed by atoms with van der Waals surface area (Å²) in [6.45, 7) is 0. The summed E-state index contributed by atoms with van der Waals surface area (Å²) in [5.74, 6) is 1.68. The second-order valence-electron chi connectivity index (χ2n) is 9.33. The maximum atomic E-state index is 5.10. The Hall–Kier alpha value is -4.53. The number of pyridine rings is 2. The van der Waals surface area contributed by atoms with Gasteiger partial charge in [-0.05, 0) is 47.2 Å². The van der Waals surface area contributed by atoms with Crippen LogP contribution in [0.15, 0.2) is 121 Å². The Morgan fingerprint density at radius 2 is 0.872 bits per heavy atom. The third-order valence-electron chi connectivity index (χ3n) is 7.18. The number of hydrogen-bond acceptors (Lipinski definition) is 2. The fraction of sp³-hybridized carbons (Fsp3) is 0. The molecular weight excluding hydrogens is 659 g/mol. The van der Waals surface area contributed by atoms with Crippen molar-refractivity contribution >= 4 is 43.6 Å². The van der Waals surface area contributed by atoms with Crippen LogP contribution in [-0.2, 0) is 21.1 Å². The van der Waals surface area contributed by atoms with Crippen LogP contribution in [0.1, 0.15) is 0 Å². The first-order valence-electron chi connectivity index (χ1n) is 12.6. The maximum Gasteiger partial charge on any atom is 2.00 e. The van der Waals surface area contributed by atoms with E-state index in [-0.39, 0.29) is 21.1 Å². The maximum absolute atomic E-state index is 5.10. The molecule has 186 valence electrons. The standard InChI is InChI=1S/C34H20N4.Pt/c1-5-17-29-23(11-1)24-12-2-6-18-30(24)37(29)33-21-9-15-27(35-33)28-16-10-22-34(36-28)38-31-19-7-3-13-25(31)26-14-4-8-20-32(26)38;/h1-17,19,21-22H;/q-2;+2. The predicted molar refractivity (Wildman–Crippen MR) is 154 cm³/mol. The van der Waals surface area contributed by atoms with Crippen molar-refractivity contribution in [3.05, 3.63) is 133 Å². The van der Waals surface area contributed by atoms with E-state index in [4.69, 9.17) is 9.97 Å². The molecule has 0 aliphatic carbocycles. The van der Waals surface area contributed by atoms with Crippen molar-refractivity contribution in [3.8, 4) is 23.0 Å². The van der Waals surface area contributed by atoms with Crippen LogP contribution in [0, 0.1) is 12.1 Å². The van der Waals surface area contributed by atoms with Gasteiger partial charge < -0.3 is 9.13 Å². The van der Waals surface area contributed by atoms with Gasteiger partial charge >= 0.3 is 21.1 Å².